The van der Waals surface area contributed by atoms with Crippen molar-refractivity contribution in [3.8, 4) is 0 Å². The number of esters is 1. The van der Waals surface area contributed by atoms with Crippen LogP contribution < -0.4 is 5.73 Å². The van der Waals surface area contributed by atoms with E-state index in [0.29, 0.717) is 11.3 Å². The van der Waals surface area contributed by atoms with Crippen LogP contribution in [0.1, 0.15) is 24.4 Å². The maximum Gasteiger partial charge on any atom is 0.374 e. The second-order valence-electron chi connectivity index (χ2n) is 3.82. The smallest absolute Gasteiger partial charge is 0.374 e. The molecule has 4 heteroatoms. The summed E-state index contributed by atoms with van der Waals surface area (Å²) in [5, 5.41) is 0.734. The Labute approximate surface area is 93.0 Å². The Kier molecular flexibility index (Phi) is 2.56. The highest BCUT2D eigenvalue weighted by Gasteiger charge is 2.15. The fraction of sp³-hybridized carbons (Fsp3) is 0.250. The van der Waals surface area contributed by atoms with E-state index in [1.807, 2.05) is 0 Å². The van der Waals surface area contributed by atoms with Crippen molar-refractivity contribution in [1.29, 1.82) is 0 Å². The number of nitrogen functional groups attached to an aromatic ring is 1. The average Bonchev–Trinajstić information content (AvgIpc) is 2.61. The zero-order chi connectivity index (χ0) is 11.7. The molecule has 2 rings (SSSR count). The highest BCUT2D eigenvalue weighted by molar-refractivity contribution is 5.97. The first-order valence-electron chi connectivity index (χ1n) is 5.07. The molecule has 0 aliphatic rings. The van der Waals surface area contributed by atoms with E-state index < -0.39 is 5.97 Å². The maximum absolute atomic E-state index is 11.6. The number of hydrogen-bond donors (Lipinski definition) is 1. The van der Waals surface area contributed by atoms with Gasteiger partial charge in [0.2, 0.25) is 5.76 Å². The summed E-state index contributed by atoms with van der Waals surface area (Å²) in [6.07, 6.45) is -0.168. The molecule has 0 saturated heterocycles. The number of benzene rings is 1. The first-order chi connectivity index (χ1) is 7.58. The van der Waals surface area contributed by atoms with Gasteiger partial charge in [-0.2, -0.15) is 0 Å². The van der Waals surface area contributed by atoms with Gasteiger partial charge in [-0.25, -0.2) is 4.79 Å². The number of anilines is 1. The lowest BCUT2D eigenvalue weighted by Crippen LogP contribution is -2.10. The molecular weight excluding hydrogens is 206 g/mol. The van der Waals surface area contributed by atoms with Crippen LogP contribution in [0.3, 0.4) is 0 Å². The van der Waals surface area contributed by atoms with Gasteiger partial charge in [0.05, 0.1) is 6.10 Å². The Balaban J connectivity index is 2.40. The third-order valence-corrected chi connectivity index (χ3v) is 2.14. The maximum atomic E-state index is 11.6. The molecular formula is C12H13NO3. The highest BCUT2D eigenvalue weighted by atomic mass is 16.6. The molecule has 0 spiro atoms. The second kappa shape index (κ2) is 3.89. The van der Waals surface area contributed by atoms with E-state index in [2.05, 4.69) is 0 Å². The molecule has 0 fully saturated rings. The summed E-state index contributed by atoms with van der Waals surface area (Å²) in [6.45, 7) is 3.57. The Bertz CT molecular complexity index is 528. The van der Waals surface area contributed by atoms with Crippen LogP contribution in [0, 0.1) is 0 Å². The monoisotopic (exact) mass is 219 g/mol. The zero-order valence-corrected chi connectivity index (χ0v) is 9.19. The SMILES string of the molecule is CC(C)OC(=O)c1cc2c(N)cccc2o1. The second-order valence-corrected chi connectivity index (χ2v) is 3.82. The Morgan fingerprint density at radius 3 is 2.81 bits per heavy atom. The van der Waals surface area contributed by atoms with Crippen molar-refractivity contribution in [2.75, 3.05) is 5.73 Å². The fourth-order valence-electron chi connectivity index (χ4n) is 1.46. The van der Waals surface area contributed by atoms with E-state index in [0.717, 1.165) is 5.39 Å². The molecule has 1 heterocycles. The number of ether oxygens (including phenoxy) is 1. The average molecular weight is 219 g/mol. The molecule has 1 aromatic carbocycles. The van der Waals surface area contributed by atoms with Gasteiger partial charge in [0.1, 0.15) is 5.58 Å². The third-order valence-electron chi connectivity index (χ3n) is 2.14. The van der Waals surface area contributed by atoms with Crippen molar-refractivity contribution in [2.45, 2.75) is 20.0 Å². The molecule has 0 unspecified atom stereocenters. The first-order valence-corrected chi connectivity index (χ1v) is 5.07. The highest BCUT2D eigenvalue weighted by Crippen LogP contribution is 2.25. The minimum atomic E-state index is -0.467. The van der Waals surface area contributed by atoms with Gasteiger partial charge in [-0.1, -0.05) is 6.07 Å². The summed E-state index contributed by atoms with van der Waals surface area (Å²) in [4.78, 5) is 11.6. The Morgan fingerprint density at radius 1 is 1.44 bits per heavy atom. The summed E-state index contributed by atoms with van der Waals surface area (Å²) in [6, 6.07) is 6.90. The lowest BCUT2D eigenvalue weighted by molar-refractivity contribution is 0.0344. The number of carbonyl (C=O) groups is 1. The summed E-state index contributed by atoms with van der Waals surface area (Å²) < 4.78 is 10.4. The van der Waals surface area contributed by atoms with Crippen molar-refractivity contribution < 1.29 is 13.9 Å². The topological polar surface area (TPSA) is 65.5 Å². The van der Waals surface area contributed by atoms with Gasteiger partial charge in [-0.05, 0) is 26.0 Å². The molecule has 4 nitrogen and oxygen atoms in total. The van der Waals surface area contributed by atoms with Crippen LogP contribution >= 0.6 is 0 Å². The van der Waals surface area contributed by atoms with Crippen LogP contribution in [-0.4, -0.2) is 12.1 Å². The number of fused-ring (bicyclic) bond motifs is 1. The van der Waals surface area contributed by atoms with Crippen LogP contribution in [0.5, 0.6) is 0 Å². The minimum absolute atomic E-state index is 0.168. The van der Waals surface area contributed by atoms with E-state index in [4.69, 9.17) is 14.9 Å². The minimum Gasteiger partial charge on any atom is -0.457 e. The molecule has 0 atom stereocenters. The number of furan rings is 1. The third kappa shape index (κ3) is 1.86. The number of nitrogens with two attached hydrogens (primary N) is 1. The fourth-order valence-corrected chi connectivity index (χ4v) is 1.46. The molecule has 0 aliphatic carbocycles. The summed E-state index contributed by atoms with van der Waals surface area (Å²) in [5.41, 5.74) is 6.94. The molecule has 2 aromatic rings. The predicted octanol–water partition coefficient (Wildman–Crippen LogP) is 2.58. The van der Waals surface area contributed by atoms with Gasteiger partial charge in [0.25, 0.3) is 0 Å². The number of rotatable bonds is 2. The molecule has 0 amide bonds. The van der Waals surface area contributed by atoms with E-state index >= 15 is 0 Å². The van der Waals surface area contributed by atoms with Crippen LogP contribution in [0.25, 0.3) is 11.0 Å². The van der Waals surface area contributed by atoms with Crippen molar-refractivity contribution in [2.24, 2.45) is 0 Å². The summed E-state index contributed by atoms with van der Waals surface area (Å²) in [5.74, 6) is -0.285. The molecule has 2 N–H and O–H groups in total. The van der Waals surface area contributed by atoms with Gasteiger partial charge in [-0.3, -0.25) is 0 Å². The molecule has 0 aliphatic heterocycles. The Hall–Kier alpha value is -1.97. The van der Waals surface area contributed by atoms with Crippen molar-refractivity contribution in [3.05, 3.63) is 30.0 Å². The van der Waals surface area contributed by atoms with Gasteiger partial charge in [0.15, 0.2) is 0 Å². The van der Waals surface area contributed by atoms with Crippen LogP contribution in [0.2, 0.25) is 0 Å². The summed E-state index contributed by atoms with van der Waals surface area (Å²) in [7, 11) is 0. The normalized spacial score (nSPS) is 10.9. The molecule has 1 aromatic heterocycles. The first kappa shape index (κ1) is 10.5. The number of hydrogen-bond acceptors (Lipinski definition) is 4. The molecule has 84 valence electrons. The molecule has 0 bridgehead atoms. The van der Waals surface area contributed by atoms with E-state index in [1.54, 1.807) is 38.1 Å². The van der Waals surface area contributed by atoms with Gasteiger partial charge < -0.3 is 14.9 Å². The van der Waals surface area contributed by atoms with E-state index in [9.17, 15) is 4.79 Å². The number of carbonyl (C=O) groups excluding carboxylic acids is 1. The lowest BCUT2D eigenvalue weighted by atomic mass is 10.2. The lowest BCUT2D eigenvalue weighted by Gasteiger charge is -2.04. The zero-order valence-electron chi connectivity index (χ0n) is 9.19. The quantitative estimate of drug-likeness (QED) is 0.622. The largest absolute Gasteiger partial charge is 0.457 e. The van der Waals surface area contributed by atoms with Crippen molar-refractivity contribution >= 4 is 22.6 Å². The molecule has 16 heavy (non-hydrogen) atoms. The van der Waals surface area contributed by atoms with Crippen LogP contribution in [0.4, 0.5) is 5.69 Å². The van der Waals surface area contributed by atoms with Crippen LogP contribution in [0.15, 0.2) is 28.7 Å². The summed E-state index contributed by atoms with van der Waals surface area (Å²) >= 11 is 0. The Morgan fingerprint density at radius 2 is 2.19 bits per heavy atom. The van der Waals surface area contributed by atoms with Gasteiger partial charge in [-0.15, -0.1) is 0 Å². The van der Waals surface area contributed by atoms with E-state index in [-0.39, 0.29) is 11.9 Å². The van der Waals surface area contributed by atoms with E-state index in [1.165, 1.54) is 0 Å². The van der Waals surface area contributed by atoms with Gasteiger partial charge >= 0.3 is 5.97 Å². The molecule has 0 saturated carbocycles. The molecule has 0 radical (unpaired) electrons. The van der Waals surface area contributed by atoms with Crippen molar-refractivity contribution in [3.63, 3.8) is 0 Å². The van der Waals surface area contributed by atoms with Crippen molar-refractivity contribution in [1.82, 2.24) is 0 Å². The van der Waals surface area contributed by atoms with Crippen LogP contribution in [-0.2, 0) is 4.74 Å². The predicted molar refractivity (Wildman–Crippen MR) is 61.2 cm³/mol. The van der Waals surface area contributed by atoms with Gasteiger partial charge in [0, 0.05) is 17.1 Å². The standard InChI is InChI=1S/C12H13NO3/c1-7(2)15-12(14)11-6-8-9(13)4-3-5-10(8)16-11/h3-7H,13H2,1-2H3.